The average molecular weight is 246 g/mol. The van der Waals surface area contributed by atoms with E-state index in [-0.39, 0.29) is 0 Å². The second kappa shape index (κ2) is 6.24. The van der Waals surface area contributed by atoms with Gasteiger partial charge in [0.15, 0.2) is 0 Å². The molecule has 18 heavy (non-hydrogen) atoms. The van der Waals surface area contributed by atoms with Crippen molar-refractivity contribution < 1.29 is 0 Å². The molecule has 1 unspecified atom stereocenters. The zero-order chi connectivity index (χ0) is 13.0. The smallest absolute Gasteiger partial charge is 0.0411 e. The molecule has 0 saturated heterocycles. The fraction of sp³-hybridized carbons (Fsp3) is 0.625. The predicted molar refractivity (Wildman–Crippen MR) is 79.0 cm³/mol. The van der Waals surface area contributed by atoms with Crippen LogP contribution in [0.3, 0.4) is 0 Å². The number of benzene rings is 1. The topological polar surface area (TPSA) is 15.3 Å². The van der Waals surface area contributed by atoms with Crippen LogP contribution in [0.25, 0.3) is 0 Å². The van der Waals surface area contributed by atoms with Crippen molar-refractivity contribution in [2.45, 2.75) is 45.7 Å². The Morgan fingerprint density at radius 1 is 1.33 bits per heavy atom. The second-order valence-corrected chi connectivity index (χ2v) is 5.49. The van der Waals surface area contributed by atoms with Crippen molar-refractivity contribution >= 4 is 5.69 Å². The largest absolute Gasteiger partial charge is 0.371 e. The lowest BCUT2D eigenvalue weighted by molar-refractivity contribution is 0.603. The van der Waals surface area contributed by atoms with Gasteiger partial charge < -0.3 is 10.2 Å². The summed E-state index contributed by atoms with van der Waals surface area (Å²) in [4.78, 5) is 2.46. The van der Waals surface area contributed by atoms with Crippen molar-refractivity contribution in [1.82, 2.24) is 5.32 Å². The standard InChI is InChI=1S/C16H26N2/c1-4-11-17-12-15-7-5-6-8-16(15)18(3)13(2)14-9-10-14/h5-8,13-14,17H,4,9-12H2,1-3H3. The summed E-state index contributed by atoms with van der Waals surface area (Å²) in [6, 6.07) is 9.45. The molecule has 1 aromatic rings. The first-order valence-corrected chi connectivity index (χ1v) is 7.25. The van der Waals surface area contributed by atoms with Gasteiger partial charge >= 0.3 is 0 Å². The van der Waals surface area contributed by atoms with E-state index < -0.39 is 0 Å². The van der Waals surface area contributed by atoms with Crippen LogP contribution >= 0.6 is 0 Å². The molecule has 100 valence electrons. The van der Waals surface area contributed by atoms with Crippen molar-refractivity contribution in [2.75, 3.05) is 18.5 Å². The molecule has 1 atom stereocenters. The quantitative estimate of drug-likeness (QED) is 0.742. The number of nitrogens with zero attached hydrogens (tertiary/aromatic N) is 1. The highest BCUT2D eigenvalue weighted by molar-refractivity contribution is 5.54. The minimum absolute atomic E-state index is 0.664. The fourth-order valence-electron chi connectivity index (χ4n) is 2.52. The molecule has 0 spiro atoms. The maximum Gasteiger partial charge on any atom is 0.0411 e. The predicted octanol–water partition coefficient (Wildman–Crippen LogP) is 3.42. The first kappa shape index (κ1) is 13.4. The van der Waals surface area contributed by atoms with Gasteiger partial charge in [-0.1, -0.05) is 25.1 Å². The van der Waals surface area contributed by atoms with Crippen molar-refractivity contribution in [3.63, 3.8) is 0 Å². The van der Waals surface area contributed by atoms with Crippen LogP contribution < -0.4 is 10.2 Å². The van der Waals surface area contributed by atoms with Gasteiger partial charge in [0, 0.05) is 25.3 Å². The van der Waals surface area contributed by atoms with E-state index in [1.807, 2.05) is 0 Å². The molecule has 0 amide bonds. The first-order chi connectivity index (χ1) is 8.74. The zero-order valence-corrected chi connectivity index (χ0v) is 11.9. The van der Waals surface area contributed by atoms with Crippen LogP contribution in [-0.4, -0.2) is 19.6 Å². The molecule has 1 saturated carbocycles. The number of hydrogen-bond acceptors (Lipinski definition) is 2. The van der Waals surface area contributed by atoms with E-state index in [2.05, 4.69) is 55.4 Å². The van der Waals surface area contributed by atoms with E-state index in [1.165, 1.54) is 30.5 Å². The molecule has 2 nitrogen and oxygen atoms in total. The van der Waals surface area contributed by atoms with Crippen LogP contribution in [0.5, 0.6) is 0 Å². The lowest BCUT2D eigenvalue weighted by atomic mass is 10.1. The van der Waals surface area contributed by atoms with Gasteiger partial charge in [-0.25, -0.2) is 0 Å². The van der Waals surface area contributed by atoms with E-state index in [0.29, 0.717) is 6.04 Å². The molecule has 0 bridgehead atoms. The molecular weight excluding hydrogens is 220 g/mol. The summed E-state index contributed by atoms with van der Waals surface area (Å²) >= 11 is 0. The maximum absolute atomic E-state index is 3.50. The molecule has 1 aliphatic rings. The van der Waals surface area contributed by atoms with Crippen LogP contribution in [0.2, 0.25) is 0 Å². The third kappa shape index (κ3) is 3.26. The molecule has 0 radical (unpaired) electrons. The number of anilines is 1. The third-order valence-corrected chi connectivity index (χ3v) is 4.03. The highest BCUT2D eigenvalue weighted by Crippen LogP contribution is 2.36. The van der Waals surface area contributed by atoms with E-state index in [1.54, 1.807) is 0 Å². The lowest BCUT2D eigenvalue weighted by Crippen LogP contribution is -2.31. The van der Waals surface area contributed by atoms with Crippen LogP contribution in [-0.2, 0) is 6.54 Å². The van der Waals surface area contributed by atoms with Gasteiger partial charge in [-0.15, -0.1) is 0 Å². The molecule has 1 aromatic carbocycles. The van der Waals surface area contributed by atoms with Gasteiger partial charge in [-0.05, 0) is 50.3 Å². The van der Waals surface area contributed by atoms with Gasteiger partial charge in [0.1, 0.15) is 0 Å². The summed E-state index contributed by atoms with van der Waals surface area (Å²) in [7, 11) is 2.24. The van der Waals surface area contributed by atoms with E-state index in [9.17, 15) is 0 Å². The number of rotatable bonds is 7. The molecule has 0 aromatic heterocycles. The SMILES string of the molecule is CCCNCc1ccccc1N(C)C(C)C1CC1. The molecule has 1 aliphatic carbocycles. The fourth-order valence-corrected chi connectivity index (χ4v) is 2.52. The Balaban J connectivity index is 2.05. The van der Waals surface area contributed by atoms with Crippen LogP contribution in [0, 0.1) is 5.92 Å². The normalized spacial score (nSPS) is 16.6. The Morgan fingerprint density at radius 3 is 2.72 bits per heavy atom. The molecule has 2 heteroatoms. The lowest BCUT2D eigenvalue weighted by Gasteiger charge is -2.29. The summed E-state index contributed by atoms with van der Waals surface area (Å²) in [6.07, 6.45) is 4.00. The van der Waals surface area contributed by atoms with Gasteiger partial charge in [0.25, 0.3) is 0 Å². The minimum atomic E-state index is 0.664. The Bertz CT molecular complexity index is 371. The summed E-state index contributed by atoms with van der Waals surface area (Å²) in [6.45, 7) is 6.64. The molecule has 1 fully saturated rings. The first-order valence-electron chi connectivity index (χ1n) is 7.25. The molecule has 1 N–H and O–H groups in total. The molecule has 0 aliphatic heterocycles. The molecule has 0 heterocycles. The van der Waals surface area contributed by atoms with Crippen LogP contribution in [0.4, 0.5) is 5.69 Å². The van der Waals surface area contributed by atoms with Crippen molar-refractivity contribution in [3.8, 4) is 0 Å². The third-order valence-electron chi connectivity index (χ3n) is 4.03. The Kier molecular flexibility index (Phi) is 4.65. The van der Waals surface area contributed by atoms with Crippen molar-refractivity contribution in [1.29, 1.82) is 0 Å². The van der Waals surface area contributed by atoms with Crippen LogP contribution in [0.1, 0.15) is 38.7 Å². The van der Waals surface area contributed by atoms with Crippen LogP contribution in [0.15, 0.2) is 24.3 Å². The second-order valence-electron chi connectivity index (χ2n) is 5.49. The number of hydrogen-bond donors (Lipinski definition) is 1. The van der Waals surface area contributed by atoms with Gasteiger partial charge in [0.2, 0.25) is 0 Å². The Morgan fingerprint density at radius 2 is 2.06 bits per heavy atom. The Labute approximate surface area is 111 Å². The summed E-state index contributed by atoms with van der Waals surface area (Å²) in [5.74, 6) is 0.909. The minimum Gasteiger partial charge on any atom is -0.371 e. The Hall–Kier alpha value is -1.02. The average Bonchev–Trinajstić information content (AvgIpc) is 3.22. The maximum atomic E-state index is 3.50. The number of nitrogens with one attached hydrogen (secondary N) is 1. The number of para-hydroxylation sites is 1. The van der Waals surface area contributed by atoms with E-state index in [0.717, 1.165) is 19.0 Å². The van der Waals surface area contributed by atoms with Crippen molar-refractivity contribution in [2.24, 2.45) is 5.92 Å². The van der Waals surface area contributed by atoms with Gasteiger partial charge in [0.05, 0.1) is 0 Å². The summed E-state index contributed by atoms with van der Waals surface area (Å²) in [5, 5.41) is 3.50. The highest BCUT2D eigenvalue weighted by atomic mass is 15.1. The van der Waals surface area contributed by atoms with E-state index >= 15 is 0 Å². The summed E-state index contributed by atoms with van der Waals surface area (Å²) in [5.41, 5.74) is 2.81. The summed E-state index contributed by atoms with van der Waals surface area (Å²) < 4.78 is 0. The zero-order valence-electron chi connectivity index (χ0n) is 11.9. The molecule has 2 rings (SSSR count). The highest BCUT2D eigenvalue weighted by Gasteiger charge is 2.31. The van der Waals surface area contributed by atoms with Crippen molar-refractivity contribution in [3.05, 3.63) is 29.8 Å². The molecular formula is C16H26N2. The van der Waals surface area contributed by atoms with Gasteiger partial charge in [-0.2, -0.15) is 0 Å². The monoisotopic (exact) mass is 246 g/mol. The van der Waals surface area contributed by atoms with E-state index in [4.69, 9.17) is 0 Å². The van der Waals surface area contributed by atoms with Gasteiger partial charge in [-0.3, -0.25) is 0 Å².